The second-order valence-electron chi connectivity index (χ2n) is 4.65. The molecule has 0 aliphatic rings. The molecule has 2 aromatic heterocycles. The number of methoxy groups -OCH3 is 1. The second-order valence-corrected chi connectivity index (χ2v) is 5.43. The van der Waals surface area contributed by atoms with E-state index in [-0.39, 0.29) is 0 Å². The van der Waals surface area contributed by atoms with Crippen LogP contribution < -0.4 is 5.32 Å². The molecule has 0 aliphatic carbocycles. The van der Waals surface area contributed by atoms with Crippen LogP contribution in [0.3, 0.4) is 0 Å². The van der Waals surface area contributed by atoms with E-state index in [1.807, 2.05) is 12.5 Å². The second kappa shape index (κ2) is 7.43. The molecule has 0 aliphatic heterocycles. The van der Waals surface area contributed by atoms with E-state index in [9.17, 15) is 0 Å². The van der Waals surface area contributed by atoms with Crippen molar-refractivity contribution in [2.45, 2.75) is 25.9 Å². The van der Waals surface area contributed by atoms with Crippen LogP contribution in [-0.2, 0) is 17.7 Å². The summed E-state index contributed by atoms with van der Waals surface area (Å²) < 4.78 is 7.27. The minimum Gasteiger partial charge on any atom is -0.383 e. The average molecular weight is 279 g/mol. The molecule has 4 nitrogen and oxygen atoms in total. The Morgan fingerprint density at radius 2 is 2.42 bits per heavy atom. The zero-order valence-corrected chi connectivity index (χ0v) is 12.3. The van der Waals surface area contributed by atoms with Gasteiger partial charge in [0.2, 0.25) is 0 Å². The van der Waals surface area contributed by atoms with Gasteiger partial charge in [0.1, 0.15) is 0 Å². The summed E-state index contributed by atoms with van der Waals surface area (Å²) >= 11 is 1.75. The molecular weight excluding hydrogens is 258 g/mol. The van der Waals surface area contributed by atoms with Crippen molar-refractivity contribution in [2.24, 2.45) is 0 Å². The maximum absolute atomic E-state index is 5.03. The molecule has 0 spiro atoms. The molecule has 0 fully saturated rings. The van der Waals surface area contributed by atoms with Crippen molar-refractivity contribution < 1.29 is 4.74 Å². The normalized spacial score (nSPS) is 12.7. The SMILES string of the molecule is COCCNCc1cncn1C(C)Cc1ccsc1. The number of nitrogens with one attached hydrogen (secondary N) is 1. The monoisotopic (exact) mass is 279 g/mol. The van der Waals surface area contributed by atoms with E-state index in [0.29, 0.717) is 6.04 Å². The minimum atomic E-state index is 0.427. The van der Waals surface area contributed by atoms with E-state index in [2.05, 4.69) is 38.6 Å². The van der Waals surface area contributed by atoms with Gasteiger partial charge in [-0.3, -0.25) is 0 Å². The van der Waals surface area contributed by atoms with Crippen LogP contribution in [0.1, 0.15) is 24.2 Å². The molecule has 0 saturated heterocycles. The van der Waals surface area contributed by atoms with Gasteiger partial charge in [0.25, 0.3) is 0 Å². The molecule has 0 saturated carbocycles. The number of nitrogens with zero attached hydrogens (tertiary/aromatic N) is 2. The summed E-state index contributed by atoms with van der Waals surface area (Å²) in [4.78, 5) is 4.27. The number of rotatable bonds is 8. The van der Waals surface area contributed by atoms with Gasteiger partial charge in [0, 0.05) is 32.4 Å². The summed E-state index contributed by atoms with van der Waals surface area (Å²) in [6.45, 7) is 4.66. The highest BCUT2D eigenvalue weighted by molar-refractivity contribution is 7.07. The average Bonchev–Trinajstić information content (AvgIpc) is 3.05. The van der Waals surface area contributed by atoms with Gasteiger partial charge in [-0.15, -0.1) is 0 Å². The number of hydrogen-bond acceptors (Lipinski definition) is 4. The third-order valence-electron chi connectivity index (χ3n) is 3.12. The Hall–Kier alpha value is -1.17. The van der Waals surface area contributed by atoms with Crippen LogP contribution in [0.15, 0.2) is 29.4 Å². The molecular formula is C14H21N3OS. The fourth-order valence-electron chi connectivity index (χ4n) is 2.10. The van der Waals surface area contributed by atoms with Crippen LogP contribution in [-0.4, -0.2) is 29.8 Å². The fraction of sp³-hybridized carbons (Fsp3) is 0.500. The van der Waals surface area contributed by atoms with Crippen LogP contribution in [0.4, 0.5) is 0 Å². The van der Waals surface area contributed by atoms with Gasteiger partial charge in [-0.1, -0.05) is 0 Å². The zero-order valence-electron chi connectivity index (χ0n) is 11.5. The van der Waals surface area contributed by atoms with Crippen LogP contribution in [0.25, 0.3) is 0 Å². The Balaban J connectivity index is 1.90. The molecule has 2 heterocycles. The third kappa shape index (κ3) is 4.16. The van der Waals surface area contributed by atoms with Gasteiger partial charge in [-0.2, -0.15) is 11.3 Å². The Kier molecular flexibility index (Phi) is 5.57. The van der Waals surface area contributed by atoms with Crippen molar-refractivity contribution in [1.29, 1.82) is 0 Å². The lowest BCUT2D eigenvalue weighted by Crippen LogP contribution is -2.21. The van der Waals surface area contributed by atoms with Crippen LogP contribution in [0.2, 0.25) is 0 Å². The first-order chi connectivity index (χ1) is 9.31. The number of hydrogen-bond donors (Lipinski definition) is 1. The Morgan fingerprint density at radius 3 is 3.16 bits per heavy atom. The number of imidazole rings is 1. The van der Waals surface area contributed by atoms with Gasteiger partial charge in [-0.05, 0) is 35.7 Å². The Bertz CT molecular complexity index is 467. The van der Waals surface area contributed by atoms with E-state index < -0.39 is 0 Å². The van der Waals surface area contributed by atoms with E-state index in [1.54, 1.807) is 18.4 Å². The molecule has 2 aromatic rings. The molecule has 19 heavy (non-hydrogen) atoms. The summed E-state index contributed by atoms with van der Waals surface area (Å²) in [6.07, 6.45) is 4.90. The third-order valence-corrected chi connectivity index (χ3v) is 3.85. The molecule has 1 atom stereocenters. The standard InChI is InChI=1S/C14H21N3OS/c1-12(7-13-3-6-19-10-13)17-11-16-9-14(17)8-15-4-5-18-2/h3,6,9-12,15H,4-5,7-8H2,1-2H3. The topological polar surface area (TPSA) is 39.1 Å². The zero-order chi connectivity index (χ0) is 13.5. The van der Waals surface area contributed by atoms with Crippen molar-refractivity contribution in [3.05, 3.63) is 40.6 Å². The summed E-state index contributed by atoms with van der Waals surface area (Å²) in [5.41, 5.74) is 2.61. The first kappa shape index (κ1) is 14.2. The predicted molar refractivity (Wildman–Crippen MR) is 78.5 cm³/mol. The van der Waals surface area contributed by atoms with E-state index in [0.717, 1.165) is 26.1 Å². The summed E-state index contributed by atoms with van der Waals surface area (Å²) in [6, 6.07) is 2.62. The van der Waals surface area contributed by atoms with Crippen molar-refractivity contribution in [3.8, 4) is 0 Å². The maximum atomic E-state index is 5.03. The van der Waals surface area contributed by atoms with Gasteiger partial charge >= 0.3 is 0 Å². The number of aromatic nitrogens is 2. The van der Waals surface area contributed by atoms with Crippen molar-refractivity contribution in [1.82, 2.24) is 14.9 Å². The molecule has 0 bridgehead atoms. The molecule has 1 unspecified atom stereocenters. The van der Waals surface area contributed by atoms with E-state index in [4.69, 9.17) is 4.74 Å². The summed E-state index contributed by atoms with van der Waals surface area (Å²) in [5, 5.41) is 7.70. The van der Waals surface area contributed by atoms with E-state index in [1.165, 1.54) is 11.3 Å². The molecule has 2 rings (SSSR count). The van der Waals surface area contributed by atoms with Crippen LogP contribution in [0.5, 0.6) is 0 Å². The molecule has 1 N–H and O–H groups in total. The minimum absolute atomic E-state index is 0.427. The first-order valence-electron chi connectivity index (χ1n) is 6.52. The Morgan fingerprint density at radius 1 is 1.53 bits per heavy atom. The van der Waals surface area contributed by atoms with Crippen molar-refractivity contribution in [2.75, 3.05) is 20.3 Å². The number of ether oxygens (including phenoxy) is 1. The fourth-order valence-corrected chi connectivity index (χ4v) is 2.79. The van der Waals surface area contributed by atoms with Crippen molar-refractivity contribution in [3.63, 3.8) is 0 Å². The summed E-state index contributed by atoms with van der Waals surface area (Å²) in [5.74, 6) is 0. The molecule has 104 valence electrons. The van der Waals surface area contributed by atoms with Gasteiger partial charge < -0.3 is 14.6 Å². The first-order valence-corrected chi connectivity index (χ1v) is 7.47. The lowest BCUT2D eigenvalue weighted by molar-refractivity contribution is 0.199. The highest BCUT2D eigenvalue weighted by Gasteiger charge is 2.10. The van der Waals surface area contributed by atoms with Crippen molar-refractivity contribution >= 4 is 11.3 Å². The molecule has 5 heteroatoms. The highest BCUT2D eigenvalue weighted by Crippen LogP contribution is 2.17. The Labute approximate surface area is 118 Å². The van der Waals surface area contributed by atoms with Gasteiger partial charge in [-0.25, -0.2) is 4.98 Å². The maximum Gasteiger partial charge on any atom is 0.0951 e. The lowest BCUT2D eigenvalue weighted by Gasteiger charge is -2.16. The molecule has 0 radical (unpaired) electrons. The highest BCUT2D eigenvalue weighted by atomic mass is 32.1. The van der Waals surface area contributed by atoms with E-state index >= 15 is 0 Å². The predicted octanol–water partition coefficient (Wildman–Crippen LogP) is 2.48. The molecule has 0 amide bonds. The largest absolute Gasteiger partial charge is 0.383 e. The summed E-state index contributed by atoms with van der Waals surface area (Å²) in [7, 11) is 1.72. The smallest absolute Gasteiger partial charge is 0.0951 e. The van der Waals surface area contributed by atoms with Gasteiger partial charge in [0.05, 0.1) is 18.6 Å². The van der Waals surface area contributed by atoms with Gasteiger partial charge in [0.15, 0.2) is 0 Å². The lowest BCUT2D eigenvalue weighted by atomic mass is 10.1. The van der Waals surface area contributed by atoms with Crippen LogP contribution in [0, 0.1) is 0 Å². The quantitative estimate of drug-likeness (QED) is 0.755. The molecule has 0 aromatic carbocycles. The van der Waals surface area contributed by atoms with Crippen LogP contribution >= 0.6 is 11.3 Å². The number of thiophene rings is 1.